The van der Waals surface area contributed by atoms with Crippen LogP contribution in [0.1, 0.15) is 36.7 Å². The highest BCUT2D eigenvalue weighted by Crippen LogP contribution is 2.30. The molecule has 0 aliphatic carbocycles. The van der Waals surface area contributed by atoms with Crippen LogP contribution >= 0.6 is 0 Å². The minimum atomic E-state index is -0.333. The summed E-state index contributed by atoms with van der Waals surface area (Å²) in [7, 11) is 1.52. The van der Waals surface area contributed by atoms with E-state index in [1.807, 2.05) is 23.1 Å². The third-order valence-corrected chi connectivity index (χ3v) is 3.64. The molecule has 2 N–H and O–H groups in total. The van der Waals surface area contributed by atoms with Gasteiger partial charge < -0.3 is 15.4 Å². The molecule has 0 bridgehead atoms. The molecule has 0 spiro atoms. The monoisotopic (exact) mass is 291 g/mol. The number of hydrogen-bond acceptors (Lipinski definition) is 4. The number of pyridine rings is 1. The van der Waals surface area contributed by atoms with E-state index >= 15 is 0 Å². The molecule has 1 fully saturated rings. The number of primary amides is 1. The minimum Gasteiger partial charge on any atom is -0.375 e. The Bertz CT molecular complexity index is 519. The Morgan fingerprint density at radius 1 is 1.48 bits per heavy atom. The predicted octanol–water partition coefficient (Wildman–Crippen LogP) is 0.809. The molecule has 0 saturated carbocycles. The number of likely N-dealkylation sites (tertiary alicyclic amines) is 1. The number of hydrogen-bond donors (Lipinski definition) is 1. The van der Waals surface area contributed by atoms with Gasteiger partial charge in [-0.3, -0.25) is 14.6 Å². The first-order valence-corrected chi connectivity index (χ1v) is 7.14. The zero-order valence-electron chi connectivity index (χ0n) is 12.2. The molecule has 1 aliphatic heterocycles. The number of ether oxygens (including phenoxy) is 1. The Morgan fingerprint density at radius 3 is 3.00 bits per heavy atom. The minimum absolute atomic E-state index is 0.00109. The summed E-state index contributed by atoms with van der Waals surface area (Å²) >= 11 is 0. The van der Waals surface area contributed by atoms with E-state index in [0.717, 1.165) is 30.8 Å². The molecule has 1 aliphatic rings. The molecule has 1 atom stereocenters. The fourth-order valence-corrected chi connectivity index (χ4v) is 2.65. The van der Waals surface area contributed by atoms with E-state index in [9.17, 15) is 9.59 Å². The van der Waals surface area contributed by atoms with Crippen molar-refractivity contribution < 1.29 is 14.3 Å². The molecule has 2 rings (SSSR count). The van der Waals surface area contributed by atoms with Gasteiger partial charge in [0.1, 0.15) is 6.61 Å². The Kier molecular flexibility index (Phi) is 5.27. The van der Waals surface area contributed by atoms with Gasteiger partial charge in [0.05, 0.1) is 11.7 Å². The van der Waals surface area contributed by atoms with Crippen LogP contribution < -0.4 is 5.73 Å². The zero-order valence-corrected chi connectivity index (χ0v) is 12.2. The van der Waals surface area contributed by atoms with Crippen LogP contribution in [0.2, 0.25) is 0 Å². The normalized spacial score (nSPS) is 18.0. The molecule has 1 aromatic heterocycles. The number of nitrogens with two attached hydrogens (primary N) is 1. The molecular formula is C15H21N3O3. The van der Waals surface area contributed by atoms with Gasteiger partial charge in [0, 0.05) is 25.8 Å². The predicted molar refractivity (Wildman–Crippen MR) is 77.3 cm³/mol. The summed E-state index contributed by atoms with van der Waals surface area (Å²) in [6, 6.07) is 5.72. The van der Waals surface area contributed by atoms with Crippen LogP contribution in [0, 0.1) is 0 Å². The molecule has 0 radical (unpaired) electrons. The quantitative estimate of drug-likeness (QED) is 0.840. The number of aromatic nitrogens is 1. The lowest BCUT2D eigenvalue weighted by Gasteiger charge is -2.24. The standard InChI is InChI=1S/C15H21N3O3/c1-21-10-15(20)18-9-3-6-13(18)12-5-2-4-11(17-12)7-8-14(16)19/h2,4-5,13H,3,6-10H2,1H3,(H2,16,19). The van der Waals surface area contributed by atoms with Crippen LogP contribution in [0.5, 0.6) is 0 Å². The highest BCUT2D eigenvalue weighted by molar-refractivity contribution is 5.78. The number of carbonyl (C=O) groups excluding carboxylic acids is 2. The Hall–Kier alpha value is -1.95. The zero-order chi connectivity index (χ0) is 15.2. The van der Waals surface area contributed by atoms with E-state index in [1.54, 1.807) is 0 Å². The molecule has 1 saturated heterocycles. The number of nitrogens with zero attached hydrogens (tertiary/aromatic N) is 2. The van der Waals surface area contributed by atoms with Crippen LogP contribution in [-0.4, -0.2) is 42.0 Å². The maximum atomic E-state index is 12.0. The van der Waals surface area contributed by atoms with Gasteiger partial charge in [-0.05, 0) is 31.4 Å². The number of aryl methyl sites for hydroxylation is 1. The van der Waals surface area contributed by atoms with Crippen molar-refractivity contribution in [1.82, 2.24) is 9.88 Å². The molecule has 2 heterocycles. The van der Waals surface area contributed by atoms with Gasteiger partial charge >= 0.3 is 0 Å². The summed E-state index contributed by atoms with van der Waals surface area (Å²) in [4.78, 5) is 29.3. The first kappa shape index (κ1) is 15.4. The summed E-state index contributed by atoms with van der Waals surface area (Å²) < 4.78 is 4.93. The molecule has 6 nitrogen and oxygen atoms in total. The summed E-state index contributed by atoms with van der Waals surface area (Å²) in [6.45, 7) is 0.831. The van der Waals surface area contributed by atoms with Crippen molar-refractivity contribution in [2.45, 2.75) is 31.7 Å². The number of carbonyl (C=O) groups is 2. The van der Waals surface area contributed by atoms with Gasteiger partial charge in [0.2, 0.25) is 11.8 Å². The number of methoxy groups -OCH3 is 1. The molecule has 1 aromatic rings. The van der Waals surface area contributed by atoms with Crippen molar-refractivity contribution in [1.29, 1.82) is 0 Å². The summed E-state index contributed by atoms with van der Waals surface area (Å²) in [5.74, 6) is -0.343. The Morgan fingerprint density at radius 2 is 2.29 bits per heavy atom. The van der Waals surface area contributed by atoms with Crippen molar-refractivity contribution in [2.24, 2.45) is 5.73 Å². The van der Waals surface area contributed by atoms with Crippen molar-refractivity contribution in [3.63, 3.8) is 0 Å². The Balaban J connectivity index is 2.11. The topological polar surface area (TPSA) is 85.5 Å². The molecule has 0 aromatic carbocycles. The van der Waals surface area contributed by atoms with E-state index < -0.39 is 0 Å². The van der Waals surface area contributed by atoms with Crippen LogP contribution in [0.25, 0.3) is 0 Å². The van der Waals surface area contributed by atoms with Gasteiger partial charge in [-0.1, -0.05) is 6.07 Å². The molecule has 1 unspecified atom stereocenters. The SMILES string of the molecule is COCC(=O)N1CCCC1c1cccc(CCC(N)=O)n1. The van der Waals surface area contributed by atoms with Crippen LogP contribution in [0.3, 0.4) is 0 Å². The molecular weight excluding hydrogens is 270 g/mol. The van der Waals surface area contributed by atoms with Crippen molar-refractivity contribution >= 4 is 11.8 Å². The highest BCUT2D eigenvalue weighted by atomic mass is 16.5. The average molecular weight is 291 g/mol. The van der Waals surface area contributed by atoms with E-state index in [-0.39, 0.29) is 30.9 Å². The molecule has 6 heteroatoms. The van der Waals surface area contributed by atoms with Gasteiger partial charge in [0.25, 0.3) is 0 Å². The number of rotatable bonds is 6. The maximum Gasteiger partial charge on any atom is 0.249 e. The van der Waals surface area contributed by atoms with Crippen LogP contribution in [0.4, 0.5) is 0 Å². The Labute approximate surface area is 124 Å². The summed E-state index contributed by atoms with van der Waals surface area (Å²) in [5.41, 5.74) is 6.87. The van der Waals surface area contributed by atoms with Gasteiger partial charge in [-0.25, -0.2) is 0 Å². The van der Waals surface area contributed by atoms with E-state index in [4.69, 9.17) is 10.5 Å². The lowest BCUT2D eigenvalue weighted by molar-refractivity contribution is -0.136. The molecule has 2 amide bonds. The van der Waals surface area contributed by atoms with Crippen molar-refractivity contribution in [3.8, 4) is 0 Å². The summed E-state index contributed by atoms with van der Waals surface area (Å²) in [6.07, 6.45) is 2.68. The van der Waals surface area contributed by atoms with E-state index in [2.05, 4.69) is 4.98 Å². The van der Waals surface area contributed by atoms with Crippen LogP contribution in [0.15, 0.2) is 18.2 Å². The van der Waals surface area contributed by atoms with Crippen molar-refractivity contribution in [3.05, 3.63) is 29.6 Å². The first-order chi connectivity index (χ1) is 10.1. The smallest absolute Gasteiger partial charge is 0.249 e. The fourth-order valence-electron chi connectivity index (χ4n) is 2.65. The third-order valence-electron chi connectivity index (χ3n) is 3.64. The second-order valence-electron chi connectivity index (χ2n) is 5.20. The highest BCUT2D eigenvalue weighted by Gasteiger charge is 2.30. The lowest BCUT2D eigenvalue weighted by Crippen LogP contribution is -2.33. The second kappa shape index (κ2) is 7.17. The van der Waals surface area contributed by atoms with Gasteiger partial charge in [-0.15, -0.1) is 0 Å². The first-order valence-electron chi connectivity index (χ1n) is 7.14. The second-order valence-corrected chi connectivity index (χ2v) is 5.20. The third kappa shape index (κ3) is 4.01. The average Bonchev–Trinajstić information content (AvgIpc) is 2.95. The van der Waals surface area contributed by atoms with Crippen LogP contribution in [-0.2, 0) is 20.7 Å². The lowest BCUT2D eigenvalue weighted by atomic mass is 10.1. The fraction of sp³-hybridized carbons (Fsp3) is 0.533. The van der Waals surface area contributed by atoms with E-state index in [0.29, 0.717) is 6.42 Å². The molecule has 114 valence electrons. The van der Waals surface area contributed by atoms with Gasteiger partial charge in [-0.2, -0.15) is 0 Å². The van der Waals surface area contributed by atoms with Crippen molar-refractivity contribution in [2.75, 3.05) is 20.3 Å². The largest absolute Gasteiger partial charge is 0.375 e. The summed E-state index contributed by atoms with van der Waals surface area (Å²) in [5, 5.41) is 0. The molecule has 21 heavy (non-hydrogen) atoms. The van der Waals surface area contributed by atoms with Gasteiger partial charge in [0.15, 0.2) is 0 Å². The maximum absolute atomic E-state index is 12.0. The number of amides is 2. The van der Waals surface area contributed by atoms with E-state index in [1.165, 1.54) is 7.11 Å².